The van der Waals surface area contributed by atoms with Crippen molar-refractivity contribution in [3.05, 3.63) is 32.3 Å². The summed E-state index contributed by atoms with van der Waals surface area (Å²) in [6.45, 7) is 0. The Labute approximate surface area is 93.5 Å². The fourth-order valence-electron chi connectivity index (χ4n) is 1.15. The molecule has 1 aromatic rings. The molecule has 0 fully saturated rings. The Hall–Kier alpha value is -0.770. The van der Waals surface area contributed by atoms with Gasteiger partial charge in [-0.1, -0.05) is 34.8 Å². The second-order valence-corrected chi connectivity index (χ2v) is 3.75. The largest absolute Gasteiger partial charge is 0.386 e. The highest BCUT2D eigenvalue weighted by molar-refractivity contribution is 6.50. The summed E-state index contributed by atoms with van der Waals surface area (Å²) in [7, 11) is 0. The highest BCUT2D eigenvalue weighted by Gasteiger charge is 2.34. The van der Waals surface area contributed by atoms with Crippen LogP contribution in [0.25, 0.3) is 0 Å². The maximum Gasteiger partial charge on any atom is 0.348 e. The molecule has 0 aromatic heterocycles. The predicted molar refractivity (Wildman–Crippen MR) is 51.2 cm³/mol. The van der Waals surface area contributed by atoms with Crippen molar-refractivity contribution in [1.29, 1.82) is 0 Å². The Kier molecular flexibility index (Phi) is 2.18. The summed E-state index contributed by atoms with van der Waals surface area (Å²) in [6, 6.07) is 1.26. The minimum Gasteiger partial charge on any atom is -0.386 e. The van der Waals surface area contributed by atoms with E-state index < -0.39 is 11.9 Å². The molecule has 0 atom stereocenters. The van der Waals surface area contributed by atoms with E-state index in [0.29, 0.717) is 0 Å². The van der Waals surface area contributed by atoms with Crippen molar-refractivity contribution in [1.82, 2.24) is 0 Å². The third-order valence-corrected chi connectivity index (χ3v) is 3.03. The molecule has 0 unspecified atom stereocenters. The topological polar surface area (TPSA) is 43.4 Å². The number of cyclic esters (lactones) is 2. The first-order chi connectivity index (χ1) is 6.52. The molecule has 0 bridgehead atoms. The summed E-state index contributed by atoms with van der Waals surface area (Å²) in [6.07, 6.45) is 0. The van der Waals surface area contributed by atoms with Gasteiger partial charge in [0.15, 0.2) is 0 Å². The molecule has 3 nitrogen and oxygen atoms in total. The van der Waals surface area contributed by atoms with E-state index in [1.54, 1.807) is 0 Å². The van der Waals surface area contributed by atoms with E-state index >= 15 is 0 Å². The normalized spacial score (nSPS) is 14.2. The fourth-order valence-corrected chi connectivity index (χ4v) is 1.83. The molecule has 6 heteroatoms. The van der Waals surface area contributed by atoms with Crippen LogP contribution in [0, 0.1) is 0 Å². The van der Waals surface area contributed by atoms with Crippen LogP contribution in [0.4, 0.5) is 0 Å². The first-order valence-corrected chi connectivity index (χ1v) is 4.59. The first kappa shape index (κ1) is 9.77. The molecule has 1 aliphatic heterocycles. The Bertz CT molecular complexity index is 467. The number of fused-ring (bicyclic) bond motifs is 1. The van der Waals surface area contributed by atoms with E-state index in [1.807, 2.05) is 0 Å². The average molecular weight is 251 g/mol. The molecular formula is C8HCl3O3. The number of hydrogen-bond acceptors (Lipinski definition) is 3. The van der Waals surface area contributed by atoms with Crippen LogP contribution in [0.5, 0.6) is 0 Å². The minimum atomic E-state index is -0.798. The van der Waals surface area contributed by atoms with Gasteiger partial charge in [0.25, 0.3) is 0 Å². The molecule has 14 heavy (non-hydrogen) atoms. The zero-order valence-corrected chi connectivity index (χ0v) is 8.70. The summed E-state index contributed by atoms with van der Waals surface area (Å²) < 4.78 is 4.34. The number of benzene rings is 1. The Morgan fingerprint density at radius 2 is 1.64 bits per heavy atom. The van der Waals surface area contributed by atoms with Gasteiger partial charge in [-0.3, -0.25) is 0 Å². The van der Waals surface area contributed by atoms with Gasteiger partial charge in [-0.15, -0.1) is 0 Å². The van der Waals surface area contributed by atoms with Crippen LogP contribution in [0.15, 0.2) is 6.07 Å². The molecule has 0 spiro atoms. The van der Waals surface area contributed by atoms with Crippen LogP contribution in [0.1, 0.15) is 20.7 Å². The smallest absolute Gasteiger partial charge is 0.348 e. The third-order valence-electron chi connectivity index (χ3n) is 1.77. The summed E-state index contributed by atoms with van der Waals surface area (Å²) in [5.74, 6) is -1.56. The molecule has 72 valence electrons. The number of halogens is 3. The fraction of sp³-hybridized carbons (Fsp3) is 0. The molecule has 0 amide bonds. The summed E-state index contributed by atoms with van der Waals surface area (Å²) in [5, 5.41) is 0.103. The lowest BCUT2D eigenvalue weighted by Gasteiger charge is -2.01. The number of hydrogen-bond donors (Lipinski definition) is 0. The zero-order chi connectivity index (χ0) is 10.5. The van der Waals surface area contributed by atoms with Gasteiger partial charge in [0.1, 0.15) is 0 Å². The molecule has 0 saturated heterocycles. The maximum atomic E-state index is 11.1. The van der Waals surface area contributed by atoms with Gasteiger partial charge in [-0.05, 0) is 6.07 Å². The molecular weight excluding hydrogens is 250 g/mol. The SMILES string of the molecule is O=C1OC(=O)c2c1cc(Cl)c(Cl)c2Cl. The quantitative estimate of drug-likeness (QED) is 0.404. The monoisotopic (exact) mass is 250 g/mol. The third kappa shape index (κ3) is 1.21. The van der Waals surface area contributed by atoms with Crippen LogP contribution >= 0.6 is 34.8 Å². The minimum absolute atomic E-state index is 0.0222. The van der Waals surface area contributed by atoms with Crippen molar-refractivity contribution in [3.8, 4) is 0 Å². The Morgan fingerprint density at radius 3 is 2.29 bits per heavy atom. The lowest BCUT2D eigenvalue weighted by atomic mass is 10.1. The van der Waals surface area contributed by atoms with Crippen LogP contribution in [0.2, 0.25) is 15.1 Å². The van der Waals surface area contributed by atoms with E-state index in [-0.39, 0.29) is 26.2 Å². The summed E-state index contributed by atoms with van der Waals surface area (Å²) in [4.78, 5) is 22.2. The van der Waals surface area contributed by atoms with E-state index in [2.05, 4.69) is 4.74 Å². The molecule has 1 aliphatic rings. The van der Waals surface area contributed by atoms with Crippen molar-refractivity contribution in [3.63, 3.8) is 0 Å². The Morgan fingerprint density at radius 1 is 1.00 bits per heavy atom. The van der Waals surface area contributed by atoms with Gasteiger partial charge < -0.3 is 4.74 Å². The molecule has 1 heterocycles. The predicted octanol–water partition coefficient (Wildman–Crippen LogP) is 2.96. The number of ether oxygens (including phenoxy) is 1. The first-order valence-electron chi connectivity index (χ1n) is 3.46. The van der Waals surface area contributed by atoms with Gasteiger partial charge in [0.2, 0.25) is 0 Å². The average Bonchev–Trinajstić information content (AvgIpc) is 2.38. The number of rotatable bonds is 0. The lowest BCUT2D eigenvalue weighted by Crippen LogP contribution is -1.97. The summed E-state index contributed by atoms with van der Waals surface area (Å²) >= 11 is 17.1. The second-order valence-electron chi connectivity index (χ2n) is 2.59. The Balaban J connectivity index is 2.82. The van der Waals surface area contributed by atoms with Crippen LogP contribution in [-0.2, 0) is 4.74 Å². The van der Waals surface area contributed by atoms with Gasteiger partial charge in [0, 0.05) is 0 Å². The zero-order valence-electron chi connectivity index (χ0n) is 6.44. The highest BCUT2D eigenvalue weighted by atomic mass is 35.5. The van der Waals surface area contributed by atoms with Crippen LogP contribution in [-0.4, -0.2) is 11.9 Å². The molecule has 0 aliphatic carbocycles. The van der Waals surface area contributed by atoms with Crippen LogP contribution < -0.4 is 0 Å². The second kappa shape index (κ2) is 3.12. The number of carbonyl (C=O) groups excluding carboxylic acids is 2. The molecule has 2 rings (SSSR count). The van der Waals surface area contributed by atoms with Crippen molar-refractivity contribution in [2.45, 2.75) is 0 Å². The van der Waals surface area contributed by atoms with E-state index in [0.717, 1.165) is 0 Å². The van der Waals surface area contributed by atoms with Crippen molar-refractivity contribution in [2.24, 2.45) is 0 Å². The molecule has 0 radical (unpaired) electrons. The van der Waals surface area contributed by atoms with Gasteiger partial charge >= 0.3 is 11.9 Å². The van der Waals surface area contributed by atoms with Crippen LogP contribution in [0.3, 0.4) is 0 Å². The maximum absolute atomic E-state index is 11.1. The van der Waals surface area contributed by atoms with Crippen molar-refractivity contribution >= 4 is 46.7 Å². The standard InChI is InChI=1S/C8HCl3O3/c9-3-1-2-4(6(11)5(3)10)8(13)14-7(2)12/h1H. The van der Waals surface area contributed by atoms with Crippen molar-refractivity contribution < 1.29 is 14.3 Å². The highest BCUT2D eigenvalue weighted by Crippen LogP contribution is 2.38. The number of esters is 2. The van der Waals surface area contributed by atoms with E-state index in [1.165, 1.54) is 6.07 Å². The van der Waals surface area contributed by atoms with E-state index in [9.17, 15) is 9.59 Å². The molecule has 1 aromatic carbocycles. The van der Waals surface area contributed by atoms with E-state index in [4.69, 9.17) is 34.8 Å². The van der Waals surface area contributed by atoms with Gasteiger partial charge in [-0.25, -0.2) is 9.59 Å². The molecule has 0 N–H and O–H groups in total. The number of carbonyl (C=O) groups is 2. The van der Waals surface area contributed by atoms with Crippen molar-refractivity contribution in [2.75, 3.05) is 0 Å². The van der Waals surface area contributed by atoms with Gasteiger partial charge in [0.05, 0.1) is 26.2 Å². The molecule has 0 saturated carbocycles. The summed E-state index contributed by atoms with van der Waals surface area (Å²) in [5.41, 5.74) is 0.0282. The van der Waals surface area contributed by atoms with Gasteiger partial charge in [-0.2, -0.15) is 0 Å². The lowest BCUT2D eigenvalue weighted by molar-refractivity contribution is 0.0444.